The Labute approximate surface area is 100 Å². The lowest BCUT2D eigenvalue weighted by atomic mass is 10.2. The van der Waals surface area contributed by atoms with Gasteiger partial charge in [-0.3, -0.25) is 4.98 Å². The fraction of sp³-hybridized carbons (Fsp3) is 0.250. The summed E-state index contributed by atoms with van der Waals surface area (Å²) in [5, 5.41) is 11.3. The zero-order valence-corrected chi connectivity index (χ0v) is 9.67. The standard InChI is InChI=1S/C12H15N5/c1-9(13)7-15-12-5-4-11(16-17-12)10-3-2-6-14-8-10/h2-6,8-9H,7,13H2,1H3,(H,15,17). The first-order chi connectivity index (χ1) is 8.25. The molecule has 1 atom stereocenters. The van der Waals surface area contributed by atoms with E-state index >= 15 is 0 Å². The first-order valence-corrected chi connectivity index (χ1v) is 5.49. The van der Waals surface area contributed by atoms with Crippen molar-refractivity contribution >= 4 is 5.82 Å². The van der Waals surface area contributed by atoms with Crippen LogP contribution >= 0.6 is 0 Å². The highest BCUT2D eigenvalue weighted by atomic mass is 15.2. The molecule has 0 saturated carbocycles. The van der Waals surface area contributed by atoms with Crippen LogP contribution in [0, 0.1) is 0 Å². The molecule has 0 aliphatic heterocycles. The van der Waals surface area contributed by atoms with Crippen LogP contribution in [0.2, 0.25) is 0 Å². The van der Waals surface area contributed by atoms with E-state index in [9.17, 15) is 0 Å². The monoisotopic (exact) mass is 229 g/mol. The van der Waals surface area contributed by atoms with Gasteiger partial charge >= 0.3 is 0 Å². The molecule has 0 spiro atoms. The van der Waals surface area contributed by atoms with Crippen molar-refractivity contribution in [3.63, 3.8) is 0 Å². The molecule has 3 N–H and O–H groups in total. The van der Waals surface area contributed by atoms with Gasteiger partial charge in [0.2, 0.25) is 0 Å². The summed E-state index contributed by atoms with van der Waals surface area (Å²) in [5.41, 5.74) is 7.41. The van der Waals surface area contributed by atoms with Gasteiger partial charge in [0, 0.05) is 30.5 Å². The number of hydrogen-bond acceptors (Lipinski definition) is 5. The van der Waals surface area contributed by atoms with Gasteiger partial charge in [-0.15, -0.1) is 10.2 Å². The quantitative estimate of drug-likeness (QED) is 0.826. The molecule has 2 rings (SSSR count). The normalized spacial score (nSPS) is 12.1. The van der Waals surface area contributed by atoms with Crippen molar-refractivity contribution in [2.45, 2.75) is 13.0 Å². The van der Waals surface area contributed by atoms with Crippen molar-refractivity contribution in [1.29, 1.82) is 0 Å². The summed E-state index contributed by atoms with van der Waals surface area (Å²) in [6, 6.07) is 7.71. The highest BCUT2D eigenvalue weighted by Gasteiger charge is 2.01. The predicted molar refractivity (Wildman–Crippen MR) is 67.4 cm³/mol. The SMILES string of the molecule is CC(N)CNc1ccc(-c2cccnc2)nn1. The fourth-order valence-electron chi connectivity index (χ4n) is 1.36. The first kappa shape index (κ1) is 11.5. The zero-order chi connectivity index (χ0) is 12.1. The van der Waals surface area contributed by atoms with Crippen LogP contribution < -0.4 is 11.1 Å². The highest BCUT2D eigenvalue weighted by Crippen LogP contribution is 2.14. The Morgan fingerprint density at radius 1 is 1.29 bits per heavy atom. The summed E-state index contributed by atoms with van der Waals surface area (Å²) in [6.45, 7) is 2.62. The van der Waals surface area contributed by atoms with E-state index in [4.69, 9.17) is 5.73 Å². The van der Waals surface area contributed by atoms with Crippen LogP contribution in [0.25, 0.3) is 11.3 Å². The van der Waals surface area contributed by atoms with E-state index in [1.807, 2.05) is 31.2 Å². The van der Waals surface area contributed by atoms with Gasteiger partial charge in [-0.05, 0) is 31.2 Å². The number of hydrogen-bond donors (Lipinski definition) is 2. The van der Waals surface area contributed by atoms with E-state index in [-0.39, 0.29) is 6.04 Å². The molecule has 0 aliphatic carbocycles. The molecule has 5 nitrogen and oxygen atoms in total. The number of aromatic nitrogens is 3. The maximum absolute atomic E-state index is 5.64. The van der Waals surface area contributed by atoms with Crippen LogP contribution in [0.3, 0.4) is 0 Å². The summed E-state index contributed by atoms with van der Waals surface area (Å²) in [5.74, 6) is 0.731. The van der Waals surface area contributed by atoms with Crippen LogP contribution in [-0.2, 0) is 0 Å². The highest BCUT2D eigenvalue weighted by molar-refractivity contribution is 5.57. The zero-order valence-electron chi connectivity index (χ0n) is 9.67. The molecular formula is C12H15N5. The second kappa shape index (κ2) is 5.36. The Kier molecular flexibility index (Phi) is 3.62. The summed E-state index contributed by atoms with van der Waals surface area (Å²) in [4.78, 5) is 4.04. The Balaban J connectivity index is 2.08. The largest absolute Gasteiger partial charge is 0.367 e. The van der Waals surface area contributed by atoms with Gasteiger partial charge in [-0.25, -0.2) is 0 Å². The van der Waals surface area contributed by atoms with E-state index in [0.717, 1.165) is 17.1 Å². The third kappa shape index (κ3) is 3.22. The van der Waals surface area contributed by atoms with Crippen LogP contribution in [0.5, 0.6) is 0 Å². The molecule has 88 valence electrons. The molecule has 0 aliphatic rings. The van der Waals surface area contributed by atoms with E-state index in [1.54, 1.807) is 12.4 Å². The summed E-state index contributed by atoms with van der Waals surface area (Å²) in [6.07, 6.45) is 3.49. The van der Waals surface area contributed by atoms with E-state index in [2.05, 4.69) is 20.5 Å². The maximum Gasteiger partial charge on any atom is 0.148 e. The number of nitrogens with two attached hydrogens (primary N) is 1. The average Bonchev–Trinajstić information content (AvgIpc) is 2.38. The van der Waals surface area contributed by atoms with Gasteiger partial charge in [0.05, 0.1) is 5.69 Å². The van der Waals surface area contributed by atoms with Crippen LogP contribution in [-0.4, -0.2) is 27.8 Å². The van der Waals surface area contributed by atoms with Crippen molar-refractivity contribution in [3.8, 4) is 11.3 Å². The summed E-state index contributed by atoms with van der Waals surface area (Å²) in [7, 11) is 0. The van der Waals surface area contributed by atoms with Crippen molar-refractivity contribution < 1.29 is 0 Å². The summed E-state index contributed by atoms with van der Waals surface area (Å²) >= 11 is 0. The van der Waals surface area contributed by atoms with Gasteiger partial charge < -0.3 is 11.1 Å². The van der Waals surface area contributed by atoms with Crippen molar-refractivity contribution in [2.24, 2.45) is 5.73 Å². The molecule has 2 aromatic heterocycles. The minimum Gasteiger partial charge on any atom is -0.367 e. The van der Waals surface area contributed by atoms with Gasteiger partial charge in [0.25, 0.3) is 0 Å². The molecule has 0 radical (unpaired) electrons. The Morgan fingerprint density at radius 3 is 2.76 bits per heavy atom. The van der Waals surface area contributed by atoms with Gasteiger partial charge in [0.15, 0.2) is 0 Å². The van der Waals surface area contributed by atoms with E-state index < -0.39 is 0 Å². The van der Waals surface area contributed by atoms with E-state index in [0.29, 0.717) is 6.54 Å². The molecule has 5 heteroatoms. The Hall–Kier alpha value is -2.01. The lowest BCUT2D eigenvalue weighted by molar-refractivity contribution is 0.775. The topological polar surface area (TPSA) is 76.7 Å². The molecule has 2 heterocycles. The molecule has 0 fully saturated rings. The maximum atomic E-state index is 5.64. The lowest BCUT2D eigenvalue weighted by Gasteiger charge is -2.07. The fourth-order valence-corrected chi connectivity index (χ4v) is 1.36. The van der Waals surface area contributed by atoms with Crippen molar-refractivity contribution in [3.05, 3.63) is 36.7 Å². The lowest BCUT2D eigenvalue weighted by Crippen LogP contribution is -2.25. The Bertz CT molecular complexity index is 452. The van der Waals surface area contributed by atoms with Crippen LogP contribution in [0.15, 0.2) is 36.7 Å². The molecule has 17 heavy (non-hydrogen) atoms. The number of rotatable bonds is 4. The smallest absolute Gasteiger partial charge is 0.148 e. The van der Waals surface area contributed by atoms with Gasteiger partial charge in [-0.2, -0.15) is 0 Å². The summed E-state index contributed by atoms with van der Waals surface area (Å²) < 4.78 is 0. The first-order valence-electron chi connectivity index (χ1n) is 5.49. The molecular weight excluding hydrogens is 214 g/mol. The van der Waals surface area contributed by atoms with Gasteiger partial charge in [0.1, 0.15) is 5.82 Å². The van der Waals surface area contributed by atoms with Crippen LogP contribution in [0.4, 0.5) is 5.82 Å². The number of nitrogens with one attached hydrogen (secondary N) is 1. The molecule has 0 saturated heterocycles. The number of nitrogens with zero attached hydrogens (tertiary/aromatic N) is 3. The molecule has 0 aromatic carbocycles. The average molecular weight is 229 g/mol. The van der Waals surface area contributed by atoms with E-state index in [1.165, 1.54) is 0 Å². The molecule has 1 unspecified atom stereocenters. The molecule has 0 bridgehead atoms. The number of pyridine rings is 1. The molecule has 2 aromatic rings. The predicted octanol–water partition coefficient (Wildman–Crippen LogP) is 1.30. The minimum absolute atomic E-state index is 0.0924. The third-order valence-electron chi connectivity index (χ3n) is 2.23. The molecule has 0 amide bonds. The number of anilines is 1. The van der Waals surface area contributed by atoms with Gasteiger partial charge in [-0.1, -0.05) is 0 Å². The Morgan fingerprint density at radius 2 is 2.18 bits per heavy atom. The van der Waals surface area contributed by atoms with Crippen LogP contribution in [0.1, 0.15) is 6.92 Å². The van der Waals surface area contributed by atoms with Crippen molar-refractivity contribution in [1.82, 2.24) is 15.2 Å². The van der Waals surface area contributed by atoms with Crippen molar-refractivity contribution in [2.75, 3.05) is 11.9 Å². The third-order valence-corrected chi connectivity index (χ3v) is 2.23. The second-order valence-electron chi connectivity index (χ2n) is 3.90. The second-order valence-corrected chi connectivity index (χ2v) is 3.90. The minimum atomic E-state index is 0.0924.